The molecule has 69 valence electrons. The van der Waals surface area contributed by atoms with Gasteiger partial charge in [0.25, 0.3) is 5.91 Å². The van der Waals surface area contributed by atoms with Crippen molar-refractivity contribution in [2.24, 2.45) is 0 Å². The van der Waals surface area contributed by atoms with Crippen molar-refractivity contribution in [2.75, 3.05) is 26.7 Å². The van der Waals surface area contributed by atoms with Crippen LogP contribution in [0.15, 0.2) is 0 Å². The molecule has 0 spiro atoms. The van der Waals surface area contributed by atoms with E-state index in [2.05, 4.69) is 21.6 Å². The molecule has 0 aromatic carbocycles. The van der Waals surface area contributed by atoms with Gasteiger partial charge in [0.1, 0.15) is 0 Å². The lowest BCUT2D eigenvalue weighted by atomic mass is 10.1. The molecule has 1 fully saturated rings. The summed E-state index contributed by atoms with van der Waals surface area (Å²) < 4.78 is 0. The molecule has 0 aromatic rings. The third kappa shape index (κ3) is 3.19. The Morgan fingerprint density at radius 3 is 2.83 bits per heavy atom. The molecule has 0 bridgehead atoms. The van der Waals surface area contributed by atoms with Crippen LogP contribution >= 0.6 is 0 Å². The first-order chi connectivity index (χ1) is 5.83. The fourth-order valence-corrected chi connectivity index (χ4v) is 1.31. The second-order valence-electron chi connectivity index (χ2n) is 2.87. The second kappa shape index (κ2) is 5.11. The Balaban J connectivity index is 2.15. The van der Waals surface area contributed by atoms with Crippen LogP contribution in [0.3, 0.4) is 0 Å². The standard InChI is InChI=1S/C8H15N2O2/c1-12-9-8(11)7-10-5-3-2-4-6-10/h2H,3-7H2,1H3,(H,9,11). The molecule has 1 N–H and O–H groups in total. The van der Waals surface area contributed by atoms with E-state index in [4.69, 9.17) is 0 Å². The minimum atomic E-state index is -0.0700. The van der Waals surface area contributed by atoms with Gasteiger partial charge in [0.05, 0.1) is 13.7 Å². The van der Waals surface area contributed by atoms with E-state index in [0.717, 1.165) is 25.9 Å². The molecule has 4 nitrogen and oxygen atoms in total. The zero-order valence-electron chi connectivity index (χ0n) is 7.38. The van der Waals surface area contributed by atoms with Crippen LogP contribution in [0.2, 0.25) is 0 Å². The van der Waals surface area contributed by atoms with Crippen molar-refractivity contribution in [2.45, 2.75) is 12.8 Å². The van der Waals surface area contributed by atoms with Gasteiger partial charge >= 0.3 is 0 Å². The van der Waals surface area contributed by atoms with Crippen LogP contribution in [0.4, 0.5) is 0 Å². The molecule has 0 aliphatic carbocycles. The summed E-state index contributed by atoms with van der Waals surface area (Å²) in [5.41, 5.74) is 2.30. The van der Waals surface area contributed by atoms with Crippen molar-refractivity contribution in [3.05, 3.63) is 6.42 Å². The van der Waals surface area contributed by atoms with E-state index in [1.54, 1.807) is 0 Å². The minimum absolute atomic E-state index is 0.0700. The average Bonchev–Trinajstić information content (AvgIpc) is 2.06. The van der Waals surface area contributed by atoms with Crippen LogP contribution < -0.4 is 5.48 Å². The lowest BCUT2D eigenvalue weighted by Crippen LogP contribution is -2.39. The Bertz CT molecular complexity index is 144. The third-order valence-corrected chi connectivity index (χ3v) is 1.88. The maximum atomic E-state index is 11.0. The first-order valence-corrected chi connectivity index (χ1v) is 4.19. The molecule has 12 heavy (non-hydrogen) atoms. The van der Waals surface area contributed by atoms with Gasteiger partial charge in [-0.2, -0.15) is 0 Å². The molecule has 0 atom stereocenters. The molecule has 1 rings (SSSR count). The molecule has 0 saturated carbocycles. The maximum absolute atomic E-state index is 11.0. The van der Waals surface area contributed by atoms with Crippen LogP contribution in [-0.2, 0) is 9.63 Å². The number of carbonyl (C=O) groups is 1. The molecule has 4 heteroatoms. The average molecular weight is 171 g/mol. The monoisotopic (exact) mass is 171 g/mol. The number of nitrogens with zero attached hydrogens (tertiary/aromatic N) is 1. The highest BCUT2D eigenvalue weighted by Crippen LogP contribution is 2.06. The van der Waals surface area contributed by atoms with Gasteiger partial charge in [-0.15, -0.1) is 0 Å². The van der Waals surface area contributed by atoms with Gasteiger partial charge in [-0.25, -0.2) is 5.48 Å². The molecule has 1 radical (unpaired) electrons. The fraction of sp³-hybridized carbons (Fsp3) is 0.750. The van der Waals surface area contributed by atoms with E-state index in [-0.39, 0.29) is 5.91 Å². The highest BCUT2D eigenvalue weighted by atomic mass is 16.6. The van der Waals surface area contributed by atoms with Crippen LogP contribution in [-0.4, -0.2) is 37.6 Å². The van der Waals surface area contributed by atoms with Gasteiger partial charge < -0.3 is 0 Å². The predicted octanol–water partition coefficient (Wildman–Crippen LogP) is -0.0359. The SMILES string of the molecule is CONC(=O)CN1CC[CH]CC1. The number of nitrogens with one attached hydrogen (secondary N) is 1. The largest absolute Gasteiger partial charge is 0.294 e. The summed E-state index contributed by atoms with van der Waals surface area (Å²) in [6.45, 7) is 2.41. The van der Waals surface area contributed by atoms with Crippen LogP contribution in [0.5, 0.6) is 0 Å². The smallest absolute Gasteiger partial charge is 0.257 e. The molecular weight excluding hydrogens is 156 g/mol. The summed E-state index contributed by atoms with van der Waals surface area (Å²) in [5.74, 6) is -0.0700. The summed E-state index contributed by atoms with van der Waals surface area (Å²) in [4.78, 5) is 17.7. The van der Waals surface area contributed by atoms with Gasteiger partial charge in [0, 0.05) is 0 Å². The Labute approximate surface area is 72.8 Å². The zero-order chi connectivity index (χ0) is 8.81. The van der Waals surface area contributed by atoms with Crippen molar-refractivity contribution < 1.29 is 9.63 Å². The number of rotatable bonds is 3. The number of hydroxylamine groups is 1. The molecule has 1 saturated heterocycles. The Hall–Kier alpha value is -0.610. The number of carbonyl (C=O) groups excluding carboxylic acids is 1. The van der Waals surface area contributed by atoms with Gasteiger partial charge in [-0.1, -0.05) is 0 Å². The first kappa shape index (κ1) is 9.48. The Morgan fingerprint density at radius 2 is 2.25 bits per heavy atom. The van der Waals surface area contributed by atoms with Crippen molar-refractivity contribution in [3.63, 3.8) is 0 Å². The highest BCUT2D eigenvalue weighted by Gasteiger charge is 2.13. The molecular formula is C8H15N2O2. The fourth-order valence-electron chi connectivity index (χ4n) is 1.31. The topological polar surface area (TPSA) is 41.6 Å². The Kier molecular flexibility index (Phi) is 4.04. The second-order valence-corrected chi connectivity index (χ2v) is 2.87. The van der Waals surface area contributed by atoms with Crippen LogP contribution in [0.1, 0.15) is 12.8 Å². The van der Waals surface area contributed by atoms with Crippen molar-refractivity contribution in [1.82, 2.24) is 10.4 Å². The molecule has 1 aliphatic rings. The lowest BCUT2D eigenvalue weighted by molar-refractivity contribution is -0.132. The number of amides is 1. The summed E-state index contributed by atoms with van der Waals surface area (Å²) in [5, 5.41) is 0. The summed E-state index contributed by atoms with van der Waals surface area (Å²) in [6.07, 6.45) is 4.42. The van der Waals surface area contributed by atoms with Gasteiger partial charge in [-0.3, -0.25) is 14.5 Å². The number of piperidine rings is 1. The molecule has 1 aliphatic heterocycles. The van der Waals surface area contributed by atoms with Crippen LogP contribution in [0, 0.1) is 6.42 Å². The van der Waals surface area contributed by atoms with Gasteiger partial charge in [0.2, 0.25) is 0 Å². The normalized spacial score (nSPS) is 19.1. The quantitative estimate of drug-likeness (QED) is 0.606. The number of hydrogen-bond acceptors (Lipinski definition) is 3. The zero-order valence-corrected chi connectivity index (χ0v) is 7.38. The molecule has 0 unspecified atom stereocenters. The Morgan fingerprint density at radius 1 is 1.58 bits per heavy atom. The lowest BCUT2D eigenvalue weighted by Gasteiger charge is -2.25. The van der Waals surface area contributed by atoms with Gasteiger partial charge in [-0.05, 0) is 32.4 Å². The third-order valence-electron chi connectivity index (χ3n) is 1.88. The predicted molar refractivity (Wildman–Crippen MR) is 45.1 cm³/mol. The summed E-state index contributed by atoms with van der Waals surface area (Å²) in [7, 11) is 1.45. The first-order valence-electron chi connectivity index (χ1n) is 4.19. The van der Waals surface area contributed by atoms with E-state index in [9.17, 15) is 4.79 Å². The minimum Gasteiger partial charge on any atom is -0.294 e. The molecule has 1 heterocycles. The van der Waals surface area contributed by atoms with E-state index < -0.39 is 0 Å². The van der Waals surface area contributed by atoms with Crippen molar-refractivity contribution >= 4 is 5.91 Å². The van der Waals surface area contributed by atoms with E-state index in [0.29, 0.717) is 6.54 Å². The molecule has 0 aromatic heterocycles. The summed E-state index contributed by atoms with van der Waals surface area (Å²) >= 11 is 0. The number of likely N-dealkylation sites (tertiary alicyclic amines) is 1. The van der Waals surface area contributed by atoms with E-state index in [1.807, 2.05) is 0 Å². The highest BCUT2D eigenvalue weighted by molar-refractivity contribution is 5.76. The van der Waals surface area contributed by atoms with Crippen LogP contribution in [0.25, 0.3) is 0 Å². The van der Waals surface area contributed by atoms with Crippen molar-refractivity contribution in [1.29, 1.82) is 0 Å². The molecule has 1 amide bonds. The van der Waals surface area contributed by atoms with E-state index in [1.165, 1.54) is 7.11 Å². The van der Waals surface area contributed by atoms with E-state index >= 15 is 0 Å². The number of hydrogen-bond donors (Lipinski definition) is 1. The van der Waals surface area contributed by atoms with Gasteiger partial charge in [0.15, 0.2) is 0 Å². The summed E-state index contributed by atoms with van der Waals surface area (Å²) in [6, 6.07) is 0. The van der Waals surface area contributed by atoms with Crippen molar-refractivity contribution in [3.8, 4) is 0 Å². The maximum Gasteiger partial charge on any atom is 0.257 e.